The SMILES string of the molecule is N#Cc1cc(CN)ccc1Oc1ccccc1Cl. The lowest BCUT2D eigenvalue weighted by Crippen LogP contribution is -1.97. The molecule has 2 rings (SSSR count). The van der Waals surface area contributed by atoms with Gasteiger partial charge in [-0.3, -0.25) is 0 Å². The van der Waals surface area contributed by atoms with Gasteiger partial charge in [-0.05, 0) is 29.8 Å². The molecule has 18 heavy (non-hydrogen) atoms. The highest BCUT2D eigenvalue weighted by Crippen LogP contribution is 2.31. The van der Waals surface area contributed by atoms with E-state index in [4.69, 9.17) is 27.3 Å². The summed E-state index contributed by atoms with van der Waals surface area (Å²) in [6.07, 6.45) is 0. The predicted octanol–water partition coefficient (Wildman–Crippen LogP) is 3.46. The molecule has 90 valence electrons. The number of nitriles is 1. The number of halogens is 1. The Hall–Kier alpha value is -2.02. The predicted molar refractivity (Wildman–Crippen MR) is 70.6 cm³/mol. The van der Waals surface area contributed by atoms with Gasteiger partial charge < -0.3 is 10.5 Å². The average molecular weight is 259 g/mol. The first-order chi connectivity index (χ1) is 8.74. The van der Waals surface area contributed by atoms with Crippen molar-refractivity contribution in [3.8, 4) is 17.6 Å². The molecule has 0 heterocycles. The Bertz CT molecular complexity index is 605. The van der Waals surface area contributed by atoms with Crippen molar-refractivity contribution in [2.45, 2.75) is 6.54 Å². The van der Waals surface area contributed by atoms with Crippen LogP contribution in [0.3, 0.4) is 0 Å². The van der Waals surface area contributed by atoms with Gasteiger partial charge in [-0.25, -0.2) is 0 Å². The third-order valence-electron chi connectivity index (χ3n) is 2.46. The number of benzene rings is 2. The van der Waals surface area contributed by atoms with Gasteiger partial charge in [0, 0.05) is 6.54 Å². The zero-order valence-electron chi connectivity index (χ0n) is 9.56. The van der Waals surface area contributed by atoms with Gasteiger partial charge in [0.05, 0.1) is 10.6 Å². The first-order valence-corrected chi connectivity index (χ1v) is 5.78. The van der Waals surface area contributed by atoms with Crippen molar-refractivity contribution in [2.24, 2.45) is 5.73 Å². The molecule has 0 aliphatic heterocycles. The molecule has 0 atom stereocenters. The lowest BCUT2D eigenvalue weighted by molar-refractivity contribution is 0.481. The minimum atomic E-state index is 0.390. The molecule has 0 spiro atoms. The van der Waals surface area contributed by atoms with Crippen LogP contribution in [0.15, 0.2) is 42.5 Å². The standard InChI is InChI=1S/C14H11ClN2O/c15-12-3-1-2-4-14(12)18-13-6-5-10(8-16)7-11(13)9-17/h1-7H,8,16H2. The molecule has 2 aromatic rings. The molecule has 0 aliphatic carbocycles. The number of para-hydroxylation sites is 1. The number of nitrogens with two attached hydrogens (primary N) is 1. The van der Waals surface area contributed by atoms with Crippen LogP contribution in [0, 0.1) is 11.3 Å². The summed E-state index contributed by atoms with van der Waals surface area (Å²) in [6.45, 7) is 0.390. The highest BCUT2D eigenvalue weighted by molar-refractivity contribution is 6.32. The fourth-order valence-corrected chi connectivity index (χ4v) is 1.70. The average Bonchev–Trinajstić information content (AvgIpc) is 2.41. The maximum absolute atomic E-state index is 9.08. The van der Waals surface area contributed by atoms with Gasteiger partial charge in [0.25, 0.3) is 0 Å². The van der Waals surface area contributed by atoms with Crippen LogP contribution in [0.25, 0.3) is 0 Å². The van der Waals surface area contributed by atoms with Crippen molar-refractivity contribution in [2.75, 3.05) is 0 Å². The molecule has 0 fully saturated rings. The zero-order valence-corrected chi connectivity index (χ0v) is 10.3. The summed E-state index contributed by atoms with van der Waals surface area (Å²) in [7, 11) is 0. The molecule has 0 saturated heterocycles. The Kier molecular flexibility index (Phi) is 3.83. The summed E-state index contributed by atoms with van der Waals surface area (Å²) in [5, 5.41) is 9.59. The summed E-state index contributed by atoms with van der Waals surface area (Å²) < 4.78 is 5.64. The fraction of sp³-hybridized carbons (Fsp3) is 0.0714. The third-order valence-corrected chi connectivity index (χ3v) is 2.77. The first kappa shape index (κ1) is 12.4. The van der Waals surface area contributed by atoms with E-state index in [1.807, 2.05) is 18.2 Å². The van der Waals surface area contributed by atoms with Crippen LogP contribution >= 0.6 is 11.6 Å². The van der Waals surface area contributed by atoms with E-state index in [0.29, 0.717) is 28.6 Å². The van der Waals surface area contributed by atoms with E-state index in [1.165, 1.54) is 0 Å². The van der Waals surface area contributed by atoms with E-state index >= 15 is 0 Å². The topological polar surface area (TPSA) is 59.0 Å². The minimum absolute atomic E-state index is 0.390. The van der Waals surface area contributed by atoms with E-state index in [0.717, 1.165) is 5.56 Å². The zero-order chi connectivity index (χ0) is 13.0. The maximum atomic E-state index is 9.08. The molecule has 4 heteroatoms. The molecule has 0 saturated carbocycles. The van der Waals surface area contributed by atoms with Gasteiger partial charge >= 0.3 is 0 Å². The number of ether oxygens (including phenoxy) is 1. The van der Waals surface area contributed by atoms with Gasteiger partial charge in [0.1, 0.15) is 17.6 Å². The van der Waals surface area contributed by atoms with Gasteiger partial charge in [-0.1, -0.05) is 29.8 Å². The van der Waals surface area contributed by atoms with Crippen molar-refractivity contribution in [3.05, 3.63) is 58.6 Å². The van der Waals surface area contributed by atoms with Crippen molar-refractivity contribution < 1.29 is 4.74 Å². The van der Waals surface area contributed by atoms with E-state index in [-0.39, 0.29) is 0 Å². The molecule has 0 unspecified atom stereocenters. The molecule has 0 amide bonds. The second kappa shape index (κ2) is 5.54. The van der Waals surface area contributed by atoms with E-state index in [1.54, 1.807) is 24.3 Å². The summed E-state index contributed by atoms with van der Waals surface area (Å²) >= 11 is 6.00. The van der Waals surface area contributed by atoms with Gasteiger partial charge in [-0.15, -0.1) is 0 Å². The first-order valence-electron chi connectivity index (χ1n) is 5.40. The summed E-state index contributed by atoms with van der Waals surface area (Å²) in [5.41, 5.74) is 6.86. The lowest BCUT2D eigenvalue weighted by Gasteiger charge is -2.09. The monoisotopic (exact) mass is 258 g/mol. The van der Waals surface area contributed by atoms with Gasteiger partial charge in [-0.2, -0.15) is 5.26 Å². The quantitative estimate of drug-likeness (QED) is 0.917. The van der Waals surface area contributed by atoms with Crippen LogP contribution < -0.4 is 10.5 Å². The number of hydrogen-bond donors (Lipinski definition) is 1. The summed E-state index contributed by atoms with van der Waals surface area (Å²) in [4.78, 5) is 0. The van der Waals surface area contributed by atoms with Crippen molar-refractivity contribution in [1.82, 2.24) is 0 Å². The number of nitrogens with zero attached hydrogens (tertiary/aromatic N) is 1. The molecule has 0 aromatic heterocycles. The molecular formula is C14H11ClN2O. The minimum Gasteiger partial charge on any atom is -0.454 e. The van der Waals surface area contributed by atoms with Crippen molar-refractivity contribution >= 4 is 11.6 Å². The van der Waals surface area contributed by atoms with E-state index < -0.39 is 0 Å². The molecule has 0 radical (unpaired) electrons. The van der Waals surface area contributed by atoms with Crippen molar-refractivity contribution in [1.29, 1.82) is 5.26 Å². The van der Waals surface area contributed by atoms with E-state index in [9.17, 15) is 0 Å². The van der Waals surface area contributed by atoms with Crippen LogP contribution in [0.4, 0.5) is 0 Å². The Morgan fingerprint density at radius 3 is 2.61 bits per heavy atom. The Morgan fingerprint density at radius 1 is 1.17 bits per heavy atom. The molecular weight excluding hydrogens is 248 g/mol. The van der Waals surface area contributed by atoms with Crippen molar-refractivity contribution in [3.63, 3.8) is 0 Å². The number of rotatable bonds is 3. The largest absolute Gasteiger partial charge is 0.454 e. The van der Waals surface area contributed by atoms with Crippen LogP contribution in [0.2, 0.25) is 5.02 Å². The number of hydrogen-bond acceptors (Lipinski definition) is 3. The molecule has 2 N–H and O–H groups in total. The normalized spacial score (nSPS) is 9.83. The van der Waals surface area contributed by atoms with Crippen LogP contribution in [-0.4, -0.2) is 0 Å². The lowest BCUT2D eigenvalue weighted by atomic mass is 10.1. The second-order valence-electron chi connectivity index (χ2n) is 3.68. The van der Waals surface area contributed by atoms with Gasteiger partial charge in [0.2, 0.25) is 0 Å². The van der Waals surface area contributed by atoms with Gasteiger partial charge in [0.15, 0.2) is 0 Å². The fourth-order valence-electron chi connectivity index (χ4n) is 1.53. The van der Waals surface area contributed by atoms with E-state index in [2.05, 4.69) is 6.07 Å². The highest BCUT2D eigenvalue weighted by Gasteiger charge is 2.07. The van der Waals surface area contributed by atoms with Crippen LogP contribution in [0.1, 0.15) is 11.1 Å². The molecule has 0 bridgehead atoms. The molecule has 2 aromatic carbocycles. The highest BCUT2D eigenvalue weighted by atomic mass is 35.5. The Labute approximate surface area is 110 Å². The summed E-state index contributed by atoms with van der Waals surface area (Å²) in [5.74, 6) is 0.999. The molecule has 3 nitrogen and oxygen atoms in total. The van der Waals surface area contributed by atoms with Crippen LogP contribution in [0.5, 0.6) is 11.5 Å². The Morgan fingerprint density at radius 2 is 1.94 bits per heavy atom. The van der Waals surface area contributed by atoms with Crippen LogP contribution in [-0.2, 0) is 6.54 Å². The third kappa shape index (κ3) is 2.62. The summed E-state index contributed by atoms with van der Waals surface area (Å²) in [6, 6.07) is 14.5. The molecule has 0 aliphatic rings. The Balaban J connectivity index is 2.35. The smallest absolute Gasteiger partial charge is 0.146 e. The maximum Gasteiger partial charge on any atom is 0.146 e. The second-order valence-corrected chi connectivity index (χ2v) is 4.09.